The SMILES string of the molecule is CN=C(NCCCCn1c(C)cccc1=O)N1CCC(C)C(n2ccnc2)C1.I. The quantitative estimate of drug-likeness (QED) is 0.280. The molecule has 0 saturated carbocycles. The van der Waals surface area contributed by atoms with E-state index in [1.807, 2.05) is 49.4 Å². The molecule has 1 saturated heterocycles. The molecular weight excluding hydrogens is 479 g/mol. The number of imidazole rings is 1. The summed E-state index contributed by atoms with van der Waals surface area (Å²) < 4.78 is 4.06. The van der Waals surface area contributed by atoms with Crippen LogP contribution in [0, 0.1) is 12.8 Å². The summed E-state index contributed by atoms with van der Waals surface area (Å²) in [7, 11) is 1.85. The van der Waals surface area contributed by atoms with Crippen molar-refractivity contribution in [1.82, 2.24) is 24.3 Å². The van der Waals surface area contributed by atoms with Crippen LogP contribution in [0.3, 0.4) is 0 Å². The third-order valence-corrected chi connectivity index (χ3v) is 5.70. The van der Waals surface area contributed by atoms with Crippen molar-refractivity contribution in [3.63, 3.8) is 0 Å². The number of aliphatic imine (C=N–C) groups is 1. The molecule has 7 nitrogen and oxygen atoms in total. The molecule has 0 aliphatic carbocycles. The van der Waals surface area contributed by atoms with E-state index in [0.29, 0.717) is 12.0 Å². The minimum atomic E-state index is 0. The number of hydrogen-bond donors (Lipinski definition) is 1. The van der Waals surface area contributed by atoms with Crippen molar-refractivity contribution in [2.75, 3.05) is 26.7 Å². The molecule has 3 heterocycles. The van der Waals surface area contributed by atoms with Crippen LogP contribution in [-0.4, -0.2) is 51.7 Å². The molecule has 0 amide bonds. The molecule has 29 heavy (non-hydrogen) atoms. The Labute approximate surface area is 190 Å². The number of aryl methyl sites for hydroxylation is 1. The number of aromatic nitrogens is 3. The first-order valence-electron chi connectivity index (χ1n) is 10.2. The second kappa shape index (κ2) is 11.4. The van der Waals surface area contributed by atoms with E-state index < -0.39 is 0 Å². The van der Waals surface area contributed by atoms with Gasteiger partial charge in [0, 0.05) is 57.4 Å². The van der Waals surface area contributed by atoms with Gasteiger partial charge in [-0.3, -0.25) is 9.79 Å². The normalized spacial score (nSPS) is 19.7. The van der Waals surface area contributed by atoms with E-state index >= 15 is 0 Å². The fourth-order valence-corrected chi connectivity index (χ4v) is 3.93. The summed E-state index contributed by atoms with van der Waals surface area (Å²) in [6.07, 6.45) is 8.90. The van der Waals surface area contributed by atoms with Gasteiger partial charge >= 0.3 is 0 Å². The van der Waals surface area contributed by atoms with Crippen molar-refractivity contribution in [3.8, 4) is 0 Å². The fourth-order valence-electron chi connectivity index (χ4n) is 3.93. The van der Waals surface area contributed by atoms with Gasteiger partial charge in [-0.05, 0) is 38.2 Å². The predicted molar refractivity (Wildman–Crippen MR) is 128 cm³/mol. The standard InChI is InChI=1S/C21H32N6O.HI/c1-17-9-13-25(15-19(17)26-14-11-23-16-26)21(22-3)24-10-4-5-12-27-18(2)7-6-8-20(27)28;/h6-8,11,14,16-17,19H,4-5,9-10,12-13,15H2,1-3H3,(H,22,24);1H. The van der Waals surface area contributed by atoms with Crippen LogP contribution in [0.15, 0.2) is 46.7 Å². The average Bonchev–Trinajstić information content (AvgIpc) is 3.22. The Morgan fingerprint density at radius 2 is 2.17 bits per heavy atom. The molecule has 2 unspecified atom stereocenters. The summed E-state index contributed by atoms with van der Waals surface area (Å²) in [5.41, 5.74) is 1.10. The smallest absolute Gasteiger partial charge is 0.250 e. The minimum absolute atomic E-state index is 0. The summed E-state index contributed by atoms with van der Waals surface area (Å²) >= 11 is 0. The second-order valence-corrected chi connectivity index (χ2v) is 7.63. The lowest BCUT2D eigenvalue weighted by molar-refractivity contribution is 0.189. The molecule has 8 heteroatoms. The van der Waals surface area contributed by atoms with Gasteiger partial charge in [0.15, 0.2) is 5.96 Å². The van der Waals surface area contributed by atoms with Crippen molar-refractivity contribution >= 4 is 29.9 Å². The van der Waals surface area contributed by atoms with Gasteiger partial charge in [-0.1, -0.05) is 13.0 Å². The largest absolute Gasteiger partial charge is 0.356 e. The Bertz CT molecular complexity index is 832. The molecule has 0 spiro atoms. The van der Waals surface area contributed by atoms with E-state index in [2.05, 4.69) is 31.7 Å². The zero-order valence-corrected chi connectivity index (χ0v) is 20.0. The number of nitrogens with zero attached hydrogens (tertiary/aromatic N) is 5. The first-order chi connectivity index (χ1) is 13.6. The molecule has 0 aromatic carbocycles. The number of pyridine rings is 1. The zero-order valence-electron chi connectivity index (χ0n) is 17.6. The highest BCUT2D eigenvalue weighted by Crippen LogP contribution is 2.27. The van der Waals surface area contributed by atoms with Gasteiger partial charge in [-0.15, -0.1) is 24.0 Å². The van der Waals surface area contributed by atoms with Gasteiger partial charge in [-0.2, -0.15) is 0 Å². The van der Waals surface area contributed by atoms with Crippen LogP contribution in [0.25, 0.3) is 0 Å². The monoisotopic (exact) mass is 512 g/mol. The topological polar surface area (TPSA) is 67.5 Å². The maximum absolute atomic E-state index is 11.9. The van der Waals surface area contributed by atoms with E-state index in [-0.39, 0.29) is 29.5 Å². The van der Waals surface area contributed by atoms with E-state index in [0.717, 1.165) is 57.1 Å². The van der Waals surface area contributed by atoms with Crippen LogP contribution in [0.4, 0.5) is 0 Å². The Hall–Kier alpha value is -1.84. The van der Waals surface area contributed by atoms with E-state index in [4.69, 9.17) is 0 Å². The predicted octanol–water partition coefficient (Wildman–Crippen LogP) is 2.91. The lowest BCUT2D eigenvalue weighted by Gasteiger charge is -2.39. The summed E-state index contributed by atoms with van der Waals surface area (Å²) in [5.74, 6) is 1.58. The van der Waals surface area contributed by atoms with Crippen LogP contribution < -0.4 is 10.9 Å². The Morgan fingerprint density at radius 1 is 1.34 bits per heavy atom. The summed E-state index contributed by atoms with van der Waals surface area (Å²) in [6.45, 7) is 7.87. The van der Waals surface area contributed by atoms with Gasteiger partial charge in [0.1, 0.15) is 0 Å². The van der Waals surface area contributed by atoms with Crippen LogP contribution in [0.2, 0.25) is 0 Å². The summed E-state index contributed by atoms with van der Waals surface area (Å²) in [5, 5.41) is 3.50. The fraction of sp³-hybridized carbons (Fsp3) is 0.571. The Morgan fingerprint density at radius 3 is 2.86 bits per heavy atom. The Balaban J connectivity index is 0.00000300. The highest BCUT2D eigenvalue weighted by atomic mass is 127. The number of piperidine rings is 1. The Kier molecular flexibility index (Phi) is 9.19. The third-order valence-electron chi connectivity index (χ3n) is 5.70. The molecule has 2 aromatic heterocycles. The van der Waals surface area contributed by atoms with Crippen LogP contribution in [-0.2, 0) is 6.54 Å². The highest BCUT2D eigenvalue weighted by Gasteiger charge is 2.28. The molecule has 2 aromatic rings. The van der Waals surface area contributed by atoms with Crippen LogP contribution in [0.1, 0.15) is 37.9 Å². The average molecular weight is 512 g/mol. The molecule has 1 aliphatic heterocycles. The van der Waals surface area contributed by atoms with E-state index in [9.17, 15) is 4.79 Å². The van der Waals surface area contributed by atoms with E-state index in [1.54, 1.807) is 6.07 Å². The van der Waals surface area contributed by atoms with E-state index in [1.165, 1.54) is 0 Å². The molecule has 3 rings (SSSR count). The van der Waals surface area contributed by atoms with Gasteiger partial charge in [0.2, 0.25) is 0 Å². The number of hydrogen-bond acceptors (Lipinski definition) is 3. The molecule has 0 bridgehead atoms. The number of halogens is 1. The number of unbranched alkanes of at least 4 members (excludes halogenated alkanes) is 1. The van der Waals surface area contributed by atoms with Gasteiger partial charge in [-0.25, -0.2) is 4.98 Å². The van der Waals surface area contributed by atoms with Gasteiger partial charge in [0.25, 0.3) is 5.56 Å². The maximum Gasteiger partial charge on any atom is 0.250 e. The summed E-state index contributed by atoms with van der Waals surface area (Å²) in [6, 6.07) is 5.84. The van der Waals surface area contributed by atoms with Crippen molar-refractivity contribution < 1.29 is 0 Å². The van der Waals surface area contributed by atoms with Gasteiger partial charge in [0.05, 0.1) is 12.4 Å². The van der Waals surface area contributed by atoms with Crippen molar-refractivity contribution in [2.45, 2.75) is 45.7 Å². The lowest BCUT2D eigenvalue weighted by Crippen LogP contribution is -2.49. The van der Waals surface area contributed by atoms with Crippen molar-refractivity contribution in [2.24, 2.45) is 10.9 Å². The summed E-state index contributed by atoms with van der Waals surface area (Å²) in [4.78, 5) is 23.0. The lowest BCUT2D eigenvalue weighted by atomic mass is 9.93. The van der Waals surface area contributed by atoms with Crippen molar-refractivity contribution in [1.29, 1.82) is 0 Å². The molecule has 1 aliphatic rings. The molecule has 2 atom stereocenters. The van der Waals surface area contributed by atoms with Crippen molar-refractivity contribution in [3.05, 3.63) is 53.0 Å². The maximum atomic E-state index is 11.9. The first-order valence-corrected chi connectivity index (χ1v) is 10.2. The number of guanidine groups is 1. The second-order valence-electron chi connectivity index (χ2n) is 7.63. The minimum Gasteiger partial charge on any atom is -0.356 e. The van der Waals surface area contributed by atoms with Gasteiger partial charge < -0.3 is 19.4 Å². The highest BCUT2D eigenvalue weighted by molar-refractivity contribution is 14.0. The molecule has 160 valence electrons. The molecule has 1 N–H and O–H groups in total. The molecular formula is C21H33IN6O. The van der Waals surface area contributed by atoms with Crippen LogP contribution in [0.5, 0.6) is 0 Å². The third kappa shape index (κ3) is 6.07. The number of nitrogens with one attached hydrogen (secondary N) is 1. The number of likely N-dealkylation sites (tertiary alicyclic amines) is 1. The zero-order chi connectivity index (χ0) is 19.9. The van der Waals surface area contributed by atoms with Crippen LogP contribution >= 0.6 is 24.0 Å². The molecule has 0 radical (unpaired) electrons. The number of rotatable bonds is 6. The first kappa shape index (κ1) is 23.4. The molecule has 1 fully saturated rings.